The highest BCUT2D eigenvalue weighted by atomic mass is 16.6. The molecule has 1 fully saturated rings. The van der Waals surface area contributed by atoms with Crippen LogP contribution < -0.4 is 9.64 Å². The molecule has 2 aromatic carbocycles. The van der Waals surface area contributed by atoms with Gasteiger partial charge in [0.25, 0.3) is 5.91 Å². The lowest BCUT2D eigenvalue weighted by atomic mass is 10.1. The summed E-state index contributed by atoms with van der Waals surface area (Å²) in [5.41, 5.74) is 1.53. The first kappa shape index (κ1) is 26.8. The molecule has 0 radical (unpaired) electrons. The van der Waals surface area contributed by atoms with Crippen LogP contribution in [0.15, 0.2) is 54.6 Å². The summed E-state index contributed by atoms with van der Waals surface area (Å²) in [6.07, 6.45) is 4.73. The number of carbonyl (C=O) groups is 2. The van der Waals surface area contributed by atoms with E-state index in [0.717, 1.165) is 5.56 Å². The molecule has 0 atom stereocenters. The first-order valence-corrected chi connectivity index (χ1v) is 12.0. The normalized spacial score (nSPS) is 14.4. The molecule has 36 heavy (non-hydrogen) atoms. The van der Waals surface area contributed by atoms with Gasteiger partial charge in [-0.3, -0.25) is 4.79 Å². The van der Waals surface area contributed by atoms with Crippen molar-refractivity contribution in [2.75, 3.05) is 31.1 Å². The molecule has 1 heterocycles. The van der Waals surface area contributed by atoms with E-state index in [0.29, 0.717) is 42.9 Å². The molecule has 1 N–H and O–H groups in total. The van der Waals surface area contributed by atoms with Crippen molar-refractivity contribution in [1.82, 2.24) is 4.90 Å². The molecule has 0 saturated carbocycles. The molecule has 1 aliphatic heterocycles. The fourth-order valence-electron chi connectivity index (χ4n) is 3.82. The van der Waals surface area contributed by atoms with Gasteiger partial charge in [-0.2, -0.15) is 5.26 Å². The van der Waals surface area contributed by atoms with Crippen molar-refractivity contribution < 1.29 is 24.2 Å². The average Bonchev–Trinajstić information content (AvgIpc) is 2.86. The molecule has 0 unspecified atom stereocenters. The van der Waals surface area contributed by atoms with Crippen LogP contribution in [0.25, 0.3) is 6.08 Å². The summed E-state index contributed by atoms with van der Waals surface area (Å²) in [6, 6.07) is 16.4. The number of anilines is 1. The lowest BCUT2D eigenvalue weighted by molar-refractivity contribution is -0.121. The zero-order chi connectivity index (χ0) is 26.1. The standard InChI is InChI=1S/C28H33N3O5/c1-28(2,3)36-27(34)30-16-13-25(14-17-30)35-24-11-9-23(10-12-24)31(26(33)20-32)15-5-8-21-6-4-7-22(18-21)19-29/h4-12,18,25,32H,13-17,20H2,1-3H3/b8-5+. The quantitative estimate of drug-likeness (QED) is 0.617. The molecule has 8 nitrogen and oxygen atoms in total. The Morgan fingerprint density at radius 1 is 1.17 bits per heavy atom. The van der Waals surface area contributed by atoms with E-state index in [-0.39, 0.29) is 18.7 Å². The van der Waals surface area contributed by atoms with Gasteiger partial charge in [-0.25, -0.2) is 4.79 Å². The molecule has 0 aliphatic carbocycles. The third-order valence-electron chi connectivity index (χ3n) is 5.60. The van der Waals surface area contributed by atoms with Gasteiger partial charge in [0, 0.05) is 38.2 Å². The number of hydrogen-bond acceptors (Lipinski definition) is 6. The van der Waals surface area contributed by atoms with Gasteiger partial charge in [0.05, 0.1) is 11.6 Å². The molecule has 0 bridgehead atoms. The van der Waals surface area contributed by atoms with E-state index in [1.165, 1.54) is 4.90 Å². The van der Waals surface area contributed by atoms with E-state index >= 15 is 0 Å². The summed E-state index contributed by atoms with van der Waals surface area (Å²) in [5, 5.41) is 18.5. The molecule has 0 aromatic heterocycles. The number of rotatable bonds is 7. The number of aliphatic hydroxyl groups excluding tert-OH is 1. The van der Waals surface area contributed by atoms with Crippen LogP contribution >= 0.6 is 0 Å². The fraction of sp³-hybridized carbons (Fsp3) is 0.393. The number of nitriles is 1. The van der Waals surface area contributed by atoms with E-state index in [1.54, 1.807) is 47.4 Å². The van der Waals surface area contributed by atoms with Crippen molar-refractivity contribution in [2.45, 2.75) is 45.3 Å². The van der Waals surface area contributed by atoms with Crippen LogP contribution in [-0.4, -0.2) is 60.0 Å². The van der Waals surface area contributed by atoms with E-state index < -0.39 is 18.1 Å². The summed E-state index contributed by atoms with van der Waals surface area (Å²) in [6.45, 7) is 6.35. The fourth-order valence-corrected chi connectivity index (χ4v) is 3.82. The SMILES string of the molecule is CC(C)(C)OC(=O)N1CCC(Oc2ccc(N(C/C=C/c3cccc(C#N)c3)C(=O)CO)cc2)CC1. The Kier molecular flexibility index (Phi) is 9.09. The maximum atomic E-state index is 12.4. The van der Waals surface area contributed by atoms with Crippen LogP contribution in [0.2, 0.25) is 0 Å². The third-order valence-corrected chi connectivity index (χ3v) is 5.60. The average molecular weight is 492 g/mol. The number of nitrogens with zero attached hydrogens (tertiary/aromatic N) is 3. The van der Waals surface area contributed by atoms with E-state index in [2.05, 4.69) is 6.07 Å². The first-order valence-electron chi connectivity index (χ1n) is 12.0. The number of aliphatic hydroxyl groups is 1. The second kappa shape index (κ2) is 12.2. The van der Waals surface area contributed by atoms with Crippen LogP contribution in [0.4, 0.5) is 10.5 Å². The Bertz CT molecular complexity index is 1110. The van der Waals surface area contributed by atoms with Crippen molar-refractivity contribution >= 4 is 23.8 Å². The minimum absolute atomic E-state index is 0.0168. The van der Waals surface area contributed by atoms with E-state index in [4.69, 9.17) is 14.7 Å². The second-order valence-electron chi connectivity index (χ2n) is 9.58. The predicted octanol–water partition coefficient (Wildman–Crippen LogP) is 4.38. The van der Waals surface area contributed by atoms with E-state index in [1.807, 2.05) is 39.0 Å². The summed E-state index contributed by atoms with van der Waals surface area (Å²) < 4.78 is 11.5. The minimum atomic E-state index is -0.605. The van der Waals surface area contributed by atoms with Crippen molar-refractivity contribution in [3.8, 4) is 11.8 Å². The molecule has 190 valence electrons. The van der Waals surface area contributed by atoms with Crippen LogP contribution in [-0.2, 0) is 9.53 Å². The summed E-state index contributed by atoms with van der Waals surface area (Å²) >= 11 is 0. The molecule has 8 heteroatoms. The lowest BCUT2D eigenvalue weighted by Gasteiger charge is -2.33. The number of benzene rings is 2. The van der Waals surface area contributed by atoms with Gasteiger partial charge in [0.2, 0.25) is 0 Å². The lowest BCUT2D eigenvalue weighted by Crippen LogP contribution is -2.44. The predicted molar refractivity (Wildman–Crippen MR) is 138 cm³/mol. The highest BCUT2D eigenvalue weighted by molar-refractivity contribution is 5.94. The maximum Gasteiger partial charge on any atom is 0.410 e. The third kappa shape index (κ3) is 7.85. The molecule has 1 aliphatic rings. The van der Waals surface area contributed by atoms with Crippen molar-refractivity contribution in [2.24, 2.45) is 0 Å². The zero-order valence-electron chi connectivity index (χ0n) is 21.0. The molecular weight excluding hydrogens is 458 g/mol. The van der Waals surface area contributed by atoms with Crippen LogP contribution in [0, 0.1) is 11.3 Å². The monoisotopic (exact) mass is 491 g/mol. The topological polar surface area (TPSA) is 103 Å². The van der Waals surface area contributed by atoms with Gasteiger partial charge in [0.1, 0.15) is 24.1 Å². The van der Waals surface area contributed by atoms with Crippen molar-refractivity contribution in [3.63, 3.8) is 0 Å². The maximum absolute atomic E-state index is 12.4. The molecule has 0 spiro atoms. The number of likely N-dealkylation sites (tertiary alicyclic amines) is 1. The molecule has 3 rings (SSSR count). The Balaban J connectivity index is 1.57. The molecule has 1 saturated heterocycles. The number of hydrogen-bond donors (Lipinski definition) is 1. The van der Waals surface area contributed by atoms with Gasteiger partial charge in [-0.1, -0.05) is 24.3 Å². The Morgan fingerprint density at radius 2 is 1.86 bits per heavy atom. The van der Waals surface area contributed by atoms with Crippen LogP contribution in [0.5, 0.6) is 5.75 Å². The van der Waals surface area contributed by atoms with Crippen LogP contribution in [0.3, 0.4) is 0 Å². The summed E-state index contributed by atoms with van der Waals surface area (Å²) in [7, 11) is 0. The molecular formula is C28H33N3O5. The van der Waals surface area contributed by atoms with Gasteiger partial charge in [-0.15, -0.1) is 0 Å². The van der Waals surface area contributed by atoms with Gasteiger partial charge >= 0.3 is 6.09 Å². The van der Waals surface area contributed by atoms with Gasteiger partial charge < -0.3 is 24.4 Å². The number of piperidine rings is 1. The number of carbonyl (C=O) groups excluding carboxylic acids is 2. The number of ether oxygens (including phenoxy) is 2. The zero-order valence-corrected chi connectivity index (χ0v) is 21.0. The first-order chi connectivity index (χ1) is 17.2. The molecule has 2 aromatic rings. The Morgan fingerprint density at radius 3 is 2.47 bits per heavy atom. The number of amides is 2. The highest BCUT2D eigenvalue weighted by Gasteiger charge is 2.27. The second-order valence-corrected chi connectivity index (χ2v) is 9.58. The van der Waals surface area contributed by atoms with Gasteiger partial charge in [0.15, 0.2) is 0 Å². The largest absolute Gasteiger partial charge is 0.490 e. The van der Waals surface area contributed by atoms with E-state index in [9.17, 15) is 14.7 Å². The van der Waals surface area contributed by atoms with Crippen molar-refractivity contribution in [1.29, 1.82) is 5.26 Å². The van der Waals surface area contributed by atoms with Crippen molar-refractivity contribution in [3.05, 3.63) is 65.7 Å². The summed E-state index contributed by atoms with van der Waals surface area (Å²) in [4.78, 5) is 27.8. The molecule has 2 amide bonds. The highest BCUT2D eigenvalue weighted by Crippen LogP contribution is 2.24. The minimum Gasteiger partial charge on any atom is -0.490 e. The Hall–Kier alpha value is -3.83. The summed E-state index contributed by atoms with van der Waals surface area (Å²) in [5.74, 6) is 0.253. The van der Waals surface area contributed by atoms with Gasteiger partial charge in [-0.05, 0) is 62.7 Å². The smallest absolute Gasteiger partial charge is 0.410 e. The Labute approximate surface area is 212 Å². The van der Waals surface area contributed by atoms with Crippen LogP contribution in [0.1, 0.15) is 44.7 Å².